The second kappa shape index (κ2) is 7.04. The summed E-state index contributed by atoms with van der Waals surface area (Å²) in [5.41, 5.74) is 1.25. The highest BCUT2D eigenvalue weighted by molar-refractivity contribution is 5.10. The monoisotopic (exact) mass is 189 g/mol. The zero-order valence-electron chi connectivity index (χ0n) is 8.13. The highest BCUT2D eigenvalue weighted by atomic mass is 16.2. The highest BCUT2D eigenvalue weighted by Gasteiger charge is 1.87. The van der Waals surface area contributed by atoms with Crippen LogP contribution >= 0.6 is 0 Å². The molecule has 2 nitrogen and oxygen atoms in total. The highest BCUT2D eigenvalue weighted by Crippen LogP contribution is 2.00. The number of rotatable bonds is 5. The van der Waals surface area contributed by atoms with Crippen LogP contribution in [-0.2, 0) is 6.42 Å². The smallest absolute Gasteiger partial charge is 0.0615 e. The Morgan fingerprint density at radius 1 is 1.29 bits per heavy atom. The average Bonchev–Trinajstić information content (AvgIpc) is 2.25. The van der Waals surface area contributed by atoms with Crippen LogP contribution in [0.5, 0.6) is 0 Å². The molecule has 0 aromatic carbocycles. The lowest BCUT2D eigenvalue weighted by Crippen LogP contribution is -1.83. The summed E-state index contributed by atoms with van der Waals surface area (Å²) in [5, 5.41) is 8.47. The lowest BCUT2D eigenvalue weighted by atomic mass is 10.1. The van der Waals surface area contributed by atoms with Crippen LogP contribution in [0.15, 0.2) is 48.8 Å². The van der Waals surface area contributed by atoms with E-state index in [1.54, 1.807) is 12.3 Å². The predicted molar refractivity (Wildman–Crippen MR) is 57.9 cm³/mol. The molecule has 0 aliphatic rings. The molecule has 14 heavy (non-hydrogen) atoms. The number of aliphatic hydroxyl groups is 1. The molecule has 1 heterocycles. The van der Waals surface area contributed by atoms with Crippen LogP contribution in [0.3, 0.4) is 0 Å². The van der Waals surface area contributed by atoms with Gasteiger partial charge in [-0.2, -0.15) is 0 Å². The Bertz CT molecular complexity index is 290. The van der Waals surface area contributed by atoms with Gasteiger partial charge >= 0.3 is 0 Å². The van der Waals surface area contributed by atoms with Crippen molar-refractivity contribution in [3.63, 3.8) is 0 Å². The largest absolute Gasteiger partial charge is 0.392 e. The van der Waals surface area contributed by atoms with Crippen LogP contribution in [0.1, 0.15) is 12.0 Å². The summed E-state index contributed by atoms with van der Waals surface area (Å²) in [4.78, 5) is 4.04. The third-order valence-corrected chi connectivity index (χ3v) is 1.81. The molecule has 0 unspecified atom stereocenters. The fourth-order valence-electron chi connectivity index (χ4n) is 1.11. The molecule has 1 rings (SSSR count). The van der Waals surface area contributed by atoms with E-state index in [4.69, 9.17) is 5.11 Å². The molecular formula is C12H15NO. The van der Waals surface area contributed by atoms with E-state index in [2.05, 4.69) is 17.1 Å². The van der Waals surface area contributed by atoms with E-state index in [0.29, 0.717) is 0 Å². The normalized spacial score (nSPS) is 11.5. The SMILES string of the molecule is OCC=CC=CCCc1cccnc1. The van der Waals surface area contributed by atoms with Gasteiger partial charge in [0.05, 0.1) is 6.61 Å². The molecule has 1 N–H and O–H groups in total. The Morgan fingerprint density at radius 3 is 2.86 bits per heavy atom. The summed E-state index contributed by atoms with van der Waals surface area (Å²) >= 11 is 0. The summed E-state index contributed by atoms with van der Waals surface area (Å²) in [7, 11) is 0. The molecule has 2 heteroatoms. The van der Waals surface area contributed by atoms with Crippen LogP contribution in [0, 0.1) is 0 Å². The van der Waals surface area contributed by atoms with Gasteiger partial charge in [0.15, 0.2) is 0 Å². The summed E-state index contributed by atoms with van der Waals surface area (Å²) in [6, 6.07) is 4.02. The van der Waals surface area contributed by atoms with E-state index >= 15 is 0 Å². The minimum atomic E-state index is 0.104. The lowest BCUT2D eigenvalue weighted by molar-refractivity contribution is 0.343. The topological polar surface area (TPSA) is 33.1 Å². The quantitative estimate of drug-likeness (QED) is 0.720. The molecule has 0 spiro atoms. The maximum atomic E-state index is 8.47. The van der Waals surface area contributed by atoms with E-state index in [9.17, 15) is 0 Å². The first kappa shape index (κ1) is 10.7. The fourth-order valence-corrected chi connectivity index (χ4v) is 1.11. The molecule has 1 aromatic heterocycles. The number of aliphatic hydroxyl groups excluding tert-OH is 1. The maximum absolute atomic E-state index is 8.47. The first-order valence-electron chi connectivity index (χ1n) is 4.75. The van der Waals surface area contributed by atoms with Crippen LogP contribution in [0.25, 0.3) is 0 Å². The molecule has 0 bridgehead atoms. The van der Waals surface area contributed by atoms with E-state index in [1.807, 2.05) is 24.4 Å². The molecule has 0 aliphatic carbocycles. The Labute approximate surface area is 84.6 Å². The minimum Gasteiger partial charge on any atom is -0.392 e. The molecule has 74 valence electrons. The van der Waals surface area contributed by atoms with Crippen molar-refractivity contribution in [3.8, 4) is 0 Å². The van der Waals surface area contributed by atoms with E-state index in [0.717, 1.165) is 12.8 Å². The Hall–Kier alpha value is -1.41. The van der Waals surface area contributed by atoms with Gasteiger partial charge in [0.1, 0.15) is 0 Å². The lowest BCUT2D eigenvalue weighted by Gasteiger charge is -1.94. The number of allylic oxidation sites excluding steroid dienone is 3. The van der Waals surface area contributed by atoms with Gasteiger partial charge < -0.3 is 5.11 Å². The van der Waals surface area contributed by atoms with E-state index < -0.39 is 0 Å². The van der Waals surface area contributed by atoms with Gasteiger partial charge in [0.25, 0.3) is 0 Å². The van der Waals surface area contributed by atoms with Crippen LogP contribution in [0.4, 0.5) is 0 Å². The van der Waals surface area contributed by atoms with Gasteiger partial charge in [-0.15, -0.1) is 0 Å². The van der Waals surface area contributed by atoms with E-state index in [1.165, 1.54) is 5.56 Å². The zero-order chi connectivity index (χ0) is 10.1. The van der Waals surface area contributed by atoms with Crippen molar-refractivity contribution in [3.05, 3.63) is 54.4 Å². The molecule has 0 saturated carbocycles. The zero-order valence-corrected chi connectivity index (χ0v) is 8.13. The number of nitrogens with zero attached hydrogens (tertiary/aromatic N) is 1. The van der Waals surface area contributed by atoms with Crippen LogP contribution in [-0.4, -0.2) is 16.7 Å². The molecule has 0 fully saturated rings. The standard InChI is InChI=1S/C12H15NO/c14-10-5-3-1-2-4-7-12-8-6-9-13-11-12/h1-3,5-6,8-9,11,14H,4,7,10H2. The third kappa shape index (κ3) is 4.58. The van der Waals surface area contributed by atoms with Gasteiger partial charge in [0.2, 0.25) is 0 Å². The minimum absolute atomic E-state index is 0.104. The van der Waals surface area contributed by atoms with Crippen molar-refractivity contribution in [2.45, 2.75) is 12.8 Å². The number of aromatic nitrogens is 1. The molecule has 0 atom stereocenters. The summed E-state index contributed by atoms with van der Waals surface area (Å²) in [6.07, 6.45) is 13.3. The van der Waals surface area contributed by atoms with E-state index in [-0.39, 0.29) is 6.61 Å². The number of hydrogen-bond acceptors (Lipinski definition) is 2. The first-order valence-corrected chi connectivity index (χ1v) is 4.75. The maximum Gasteiger partial charge on any atom is 0.0615 e. The van der Waals surface area contributed by atoms with Crippen molar-refractivity contribution < 1.29 is 5.11 Å². The van der Waals surface area contributed by atoms with Crippen molar-refractivity contribution >= 4 is 0 Å². The molecule has 0 amide bonds. The summed E-state index contributed by atoms with van der Waals surface area (Å²) in [5.74, 6) is 0. The molecule has 0 radical (unpaired) electrons. The number of pyridine rings is 1. The number of aryl methyl sites for hydroxylation is 1. The van der Waals surface area contributed by atoms with Crippen molar-refractivity contribution in [1.82, 2.24) is 4.98 Å². The predicted octanol–water partition coefficient (Wildman–Crippen LogP) is 2.12. The van der Waals surface area contributed by atoms with Crippen molar-refractivity contribution in [1.29, 1.82) is 0 Å². The Kier molecular flexibility index (Phi) is 5.36. The third-order valence-electron chi connectivity index (χ3n) is 1.81. The molecule has 0 saturated heterocycles. The molecule has 1 aromatic rings. The summed E-state index contributed by atoms with van der Waals surface area (Å²) in [6.45, 7) is 0.104. The van der Waals surface area contributed by atoms with Crippen LogP contribution in [0.2, 0.25) is 0 Å². The second-order valence-corrected chi connectivity index (χ2v) is 2.94. The van der Waals surface area contributed by atoms with Crippen molar-refractivity contribution in [2.75, 3.05) is 6.61 Å². The van der Waals surface area contributed by atoms with Crippen molar-refractivity contribution in [2.24, 2.45) is 0 Å². The first-order chi connectivity index (χ1) is 6.93. The van der Waals surface area contributed by atoms with Gasteiger partial charge in [-0.25, -0.2) is 0 Å². The van der Waals surface area contributed by atoms with Gasteiger partial charge in [0, 0.05) is 12.4 Å². The molecule has 0 aliphatic heterocycles. The van der Waals surface area contributed by atoms with Gasteiger partial charge in [-0.05, 0) is 24.5 Å². The second-order valence-electron chi connectivity index (χ2n) is 2.94. The molecular weight excluding hydrogens is 174 g/mol. The van der Waals surface area contributed by atoms with Gasteiger partial charge in [-0.1, -0.05) is 30.4 Å². The Balaban J connectivity index is 2.22. The van der Waals surface area contributed by atoms with Gasteiger partial charge in [-0.3, -0.25) is 4.98 Å². The average molecular weight is 189 g/mol. The van der Waals surface area contributed by atoms with Crippen LogP contribution < -0.4 is 0 Å². The Morgan fingerprint density at radius 2 is 2.14 bits per heavy atom. The fraction of sp³-hybridized carbons (Fsp3) is 0.250. The summed E-state index contributed by atoms with van der Waals surface area (Å²) < 4.78 is 0. The number of hydrogen-bond donors (Lipinski definition) is 1.